The van der Waals surface area contributed by atoms with Crippen molar-refractivity contribution in [3.05, 3.63) is 72.8 Å². The molecule has 0 bridgehead atoms. The highest BCUT2D eigenvalue weighted by Crippen LogP contribution is 2.45. The van der Waals surface area contributed by atoms with Crippen LogP contribution >= 0.6 is 0 Å². The fraction of sp³-hybridized carbons (Fsp3) is 0.242. The number of H-pyrrole nitrogens is 1. The van der Waals surface area contributed by atoms with Crippen LogP contribution in [0.15, 0.2) is 81.6 Å². The number of aromatic amines is 1. The van der Waals surface area contributed by atoms with Crippen molar-refractivity contribution in [2.24, 2.45) is 0 Å². The van der Waals surface area contributed by atoms with E-state index in [1.54, 1.807) is 0 Å². The summed E-state index contributed by atoms with van der Waals surface area (Å²) < 4.78 is 13.0. The highest BCUT2D eigenvalue weighted by atomic mass is 16.4. The standard InChI is InChI=1S/C33H31N3O2/c1-3-5-18-36(19-6-4-2)22-16-17-26-24(20-22)28-27-23-14-10-11-15-25(23)34-29(27)30-32(31(28)37-26)38-33(35-30)21-12-8-7-9-13-21/h7-17,20,34H,3-6,18-19H2,1-2H3. The molecular formula is C33H31N3O2. The van der Waals surface area contributed by atoms with Gasteiger partial charge in [0.25, 0.3) is 0 Å². The van der Waals surface area contributed by atoms with Crippen molar-refractivity contribution >= 4 is 60.5 Å². The van der Waals surface area contributed by atoms with E-state index in [1.807, 2.05) is 30.3 Å². The summed E-state index contributed by atoms with van der Waals surface area (Å²) in [6, 6.07) is 25.2. The Balaban J connectivity index is 1.55. The number of aromatic nitrogens is 2. The molecule has 0 saturated heterocycles. The number of hydrogen-bond acceptors (Lipinski definition) is 4. The molecule has 1 N–H and O–H groups in total. The van der Waals surface area contributed by atoms with Gasteiger partial charge in [0.1, 0.15) is 11.1 Å². The monoisotopic (exact) mass is 501 g/mol. The lowest BCUT2D eigenvalue weighted by molar-refractivity contribution is 0.603. The maximum Gasteiger partial charge on any atom is 0.227 e. The number of benzene rings is 4. The Morgan fingerprint density at radius 1 is 0.763 bits per heavy atom. The molecule has 0 spiro atoms. The van der Waals surface area contributed by atoms with Gasteiger partial charge >= 0.3 is 0 Å². The topological polar surface area (TPSA) is 58.2 Å². The number of rotatable bonds is 8. The summed E-state index contributed by atoms with van der Waals surface area (Å²) in [5.41, 5.74) is 7.37. The Labute approximate surface area is 221 Å². The zero-order valence-corrected chi connectivity index (χ0v) is 21.9. The van der Waals surface area contributed by atoms with Crippen molar-refractivity contribution in [3.8, 4) is 11.5 Å². The maximum atomic E-state index is 6.57. The third-order valence-corrected chi connectivity index (χ3v) is 7.65. The number of para-hydroxylation sites is 1. The van der Waals surface area contributed by atoms with Crippen molar-refractivity contribution in [2.45, 2.75) is 39.5 Å². The number of unbranched alkanes of at least 4 members (excludes halogenated alkanes) is 2. The molecule has 7 rings (SSSR count). The van der Waals surface area contributed by atoms with Crippen molar-refractivity contribution in [3.63, 3.8) is 0 Å². The summed E-state index contributed by atoms with van der Waals surface area (Å²) in [4.78, 5) is 11.2. The lowest BCUT2D eigenvalue weighted by Gasteiger charge is -2.24. The Bertz CT molecular complexity index is 1900. The average molecular weight is 502 g/mol. The van der Waals surface area contributed by atoms with E-state index in [0.29, 0.717) is 11.5 Å². The number of nitrogens with one attached hydrogen (secondary N) is 1. The molecule has 7 aromatic rings. The molecule has 190 valence electrons. The molecular weight excluding hydrogens is 470 g/mol. The Kier molecular flexibility index (Phi) is 5.58. The summed E-state index contributed by atoms with van der Waals surface area (Å²) in [6.07, 6.45) is 4.73. The number of anilines is 1. The van der Waals surface area contributed by atoms with Gasteiger partial charge in [0, 0.05) is 51.4 Å². The molecule has 3 aromatic heterocycles. The first-order chi connectivity index (χ1) is 18.8. The van der Waals surface area contributed by atoms with E-state index in [4.69, 9.17) is 13.8 Å². The van der Waals surface area contributed by atoms with Gasteiger partial charge in [0.15, 0.2) is 5.58 Å². The van der Waals surface area contributed by atoms with Crippen molar-refractivity contribution in [1.29, 1.82) is 0 Å². The lowest BCUT2D eigenvalue weighted by Crippen LogP contribution is -2.25. The number of furan rings is 1. The van der Waals surface area contributed by atoms with Crippen LogP contribution in [-0.2, 0) is 0 Å². The van der Waals surface area contributed by atoms with Gasteiger partial charge in [0.05, 0.1) is 5.52 Å². The summed E-state index contributed by atoms with van der Waals surface area (Å²) in [7, 11) is 0. The summed E-state index contributed by atoms with van der Waals surface area (Å²) >= 11 is 0. The summed E-state index contributed by atoms with van der Waals surface area (Å²) in [6.45, 7) is 6.63. The predicted octanol–water partition coefficient (Wildman–Crippen LogP) is 9.44. The van der Waals surface area contributed by atoms with Crippen molar-refractivity contribution in [1.82, 2.24) is 9.97 Å². The van der Waals surface area contributed by atoms with Crippen molar-refractivity contribution in [2.75, 3.05) is 18.0 Å². The van der Waals surface area contributed by atoms with E-state index < -0.39 is 0 Å². The van der Waals surface area contributed by atoms with Crippen LogP contribution in [-0.4, -0.2) is 23.1 Å². The molecule has 0 amide bonds. The first kappa shape index (κ1) is 22.9. The van der Waals surface area contributed by atoms with E-state index in [1.165, 1.54) is 36.8 Å². The molecule has 0 aliphatic heterocycles. The highest BCUT2D eigenvalue weighted by Gasteiger charge is 2.24. The fourth-order valence-corrected chi connectivity index (χ4v) is 5.69. The maximum absolute atomic E-state index is 6.57. The van der Waals surface area contributed by atoms with Crippen LogP contribution in [0, 0.1) is 0 Å². The van der Waals surface area contributed by atoms with E-state index in [-0.39, 0.29) is 0 Å². The molecule has 0 aliphatic rings. The third kappa shape index (κ3) is 3.57. The van der Waals surface area contributed by atoms with Gasteiger partial charge in [-0.2, -0.15) is 0 Å². The molecule has 0 saturated carbocycles. The molecule has 0 aliphatic carbocycles. The largest absolute Gasteiger partial charge is 0.452 e. The normalized spacial score (nSPS) is 12.1. The Morgan fingerprint density at radius 3 is 2.32 bits per heavy atom. The molecule has 0 fully saturated rings. The van der Waals surface area contributed by atoms with Crippen LogP contribution in [0.1, 0.15) is 39.5 Å². The minimum Gasteiger partial charge on any atom is -0.452 e. The Morgan fingerprint density at radius 2 is 1.53 bits per heavy atom. The third-order valence-electron chi connectivity index (χ3n) is 7.65. The molecule has 5 heteroatoms. The summed E-state index contributed by atoms with van der Waals surface area (Å²) in [5.74, 6) is 0.597. The highest BCUT2D eigenvalue weighted by molar-refractivity contribution is 6.34. The van der Waals surface area contributed by atoms with E-state index in [2.05, 4.69) is 66.2 Å². The van der Waals surface area contributed by atoms with Gasteiger partial charge in [-0.1, -0.05) is 63.1 Å². The van der Waals surface area contributed by atoms with Crippen LogP contribution in [0.25, 0.3) is 66.3 Å². The minimum absolute atomic E-state index is 0.597. The van der Waals surface area contributed by atoms with Gasteiger partial charge in [-0.25, -0.2) is 4.98 Å². The second kappa shape index (κ2) is 9.25. The van der Waals surface area contributed by atoms with Gasteiger partial charge < -0.3 is 18.7 Å². The van der Waals surface area contributed by atoms with Gasteiger partial charge in [-0.05, 0) is 49.2 Å². The predicted molar refractivity (Wildman–Crippen MR) is 158 cm³/mol. The first-order valence-corrected chi connectivity index (χ1v) is 13.8. The number of nitrogens with zero attached hydrogens (tertiary/aromatic N) is 2. The summed E-state index contributed by atoms with van der Waals surface area (Å²) in [5, 5.41) is 4.51. The zero-order valence-electron chi connectivity index (χ0n) is 21.9. The number of oxazole rings is 1. The molecule has 0 radical (unpaired) electrons. The molecule has 0 atom stereocenters. The second-order valence-electron chi connectivity index (χ2n) is 10.2. The molecule has 4 aromatic carbocycles. The minimum atomic E-state index is 0.597. The van der Waals surface area contributed by atoms with Crippen LogP contribution in [0.4, 0.5) is 5.69 Å². The van der Waals surface area contributed by atoms with Crippen LogP contribution < -0.4 is 4.90 Å². The Hall–Kier alpha value is -4.25. The quantitative estimate of drug-likeness (QED) is 0.225. The van der Waals surface area contributed by atoms with Gasteiger partial charge in [-0.3, -0.25) is 0 Å². The number of fused-ring (bicyclic) bond motifs is 10. The van der Waals surface area contributed by atoms with Crippen LogP contribution in [0.5, 0.6) is 0 Å². The van der Waals surface area contributed by atoms with E-state index in [0.717, 1.165) is 62.5 Å². The fourth-order valence-electron chi connectivity index (χ4n) is 5.69. The SMILES string of the molecule is CCCCN(CCCC)c1ccc2oc3c4oc(-c5ccccc5)nc4c4[nH]c5ccccc5c4c3c2c1. The van der Waals surface area contributed by atoms with Gasteiger partial charge in [0.2, 0.25) is 11.5 Å². The van der Waals surface area contributed by atoms with Crippen LogP contribution in [0.2, 0.25) is 0 Å². The van der Waals surface area contributed by atoms with Gasteiger partial charge in [-0.15, -0.1) is 0 Å². The molecule has 0 unspecified atom stereocenters. The van der Waals surface area contributed by atoms with E-state index >= 15 is 0 Å². The number of hydrogen-bond donors (Lipinski definition) is 1. The molecule has 38 heavy (non-hydrogen) atoms. The molecule has 3 heterocycles. The smallest absolute Gasteiger partial charge is 0.227 e. The van der Waals surface area contributed by atoms with Crippen LogP contribution in [0.3, 0.4) is 0 Å². The second-order valence-corrected chi connectivity index (χ2v) is 10.2. The first-order valence-electron chi connectivity index (χ1n) is 13.8. The lowest BCUT2D eigenvalue weighted by atomic mass is 10.0. The average Bonchev–Trinajstić information content (AvgIpc) is 3.66. The van der Waals surface area contributed by atoms with E-state index in [9.17, 15) is 0 Å². The molecule has 5 nitrogen and oxygen atoms in total. The van der Waals surface area contributed by atoms with Crippen molar-refractivity contribution < 1.29 is 8.83 Å². The zero-order chi connectivity index (χ0) is 25.6.